The fraction of sp³-hybridized carbons (Fsp3) is 0.455. The smallest absolute Gasteiger partial charge is 0.154 e. The lowest BCUT2D eigenvalue weighted by Crippen LogP contribution is -2.32. The number of hydrogen-bond acceptors (Lipinski definition) is 3. The van der Waals surface area contributed by atoms with E-state index in [0.717, 1.165) is 10.0 Å². The van der Waals surface area contributed by atoms with Crippen LogP contribution in [0, 0.1) is 0 Å². The predicted octanol–water partition coefficient (Wildman–Crippen LogP) is 2.27. The first-order chi connectivity index (χ1) is 7.38. The van der Waals surface area contributed by atoms with Crippen molar-refractivity contribution in [1.82, 2.24) is 0 Å². The zero-order valence-electron chi connectivity index (χ0n) is 9.35. The van der Waals surface area contributed by atoms with E-state index in [-0.39, 0.29) is 5.75 Å². The summed E-state index contributed by atoms with van der Waals surface area (Å²) in [5.74, 6) is 0.123. The normalized spacial score (nSPS) is 15.8. The van der Waals surface area contributed by atoms with E-state index in [1.807, 2.05) is 24.3 Å². The van der Waals surface area contributed by atoms with Gasteiger partial charge in [-0.3, -0.25) is 0 Å². The monoisotopic (exact) mass is 305 g/mol. The van der Waals surface area contributed by atoms with Crippen molar-refractivity contribution in [3.63, 3.8) is 0 Å². The first-order valence-corrected chi connectivity index (χ1v) is 7.62. The maximum absolute atomic E-state index is 11.7. The van der Waals surface area contributed by atoms with Gasteiger partial charge in [0.15, 0.2) is 9.84 Å². The molecule has 0 fully saturated rings. The van der Waals surface area contributed by atoms with Crippen molar-refractivity contribution in [2.24, 2.45) is 5.73 Å². The van der Waals surface area contributed by atoms with E-state index >= 15 is 0 Å². The van der Waals surface area contributed by atoms with Crippen LogP contribution in [0.4, 0.5) is 0 Å². The Hall–Kier alpha value is -0.390. The van der Waals surface area contributed by atoms with Gasteiger partial charge in [-0.1, -0.05) is 35.0 Å². The van der Waals surface area contributed by atoms with Crippen molar-refractivity contribution in [2.45, 2.75) is 25.1 Å². The second-order valence-corrected chi connectivity index (χ2v) is 7.30. The molecular formula is C11H16BrNO2S. The minimum absolute atomic E-state index is 0.123. The standard InChI is InChI=1S/C11H16BrNO2S/c1-3-16(14,15)8(2)11(13)9-4-6-10(12)7-5-9/h4-8,11H,3,13H2,1-2H3. The molecule has 0 saturated carbocycles. The van der Waals surface area contributed by atoms with E-state index < -0.39 is 21.1 Å². The van der Waals surface area contributed by atoms with Crippen LogP contribution in [0.5, 0.6) is 0 Å². The molecule has 0 amide bonds. The second-order valence-electron chi connectivity index (χ2n) is 3.73. The van der Waals surface area contributed by atoms with Crippen LogP contribution in [0.25, 0.3) is 0 Å². The van der Waals surface area contributed by atoms with Crippen LogP contribution >= 0.6 is 15.9 Å². The van der Waals surface area contributed by atoms with E-state index in [0.29, 0.717) is 0 Å². The summed E-state index contributed by atoms with van der Waals surface area (Å²) in [6, 6.07) is 6.94. The summed E-state index contributed by atoms with van der Waals surface area (Å²) in [5, 5.41) is -0.557. The minimum atomic E-state index is -3.09. The van der Waals surface area contributed by atoms with Gasteiger partial charge >= 0.3 is 0 Å². The van der Waals surface area contributed by atoms with Crippen molar-refractivity contribution in [1.29, 1.82) is 0 Å². The molecule has 0 aliphatic carbocycles. The van der Waals surface area contributed by atoms with E-state index in [4.69, 9.17) is 5.73 Å². The van der Waals surface area contributed by atoms with E-state index in [1.54, 1.807) is 13.8 Å². The third kappa shape index (κ3) is 3.06. The molecule has 0 radical (unpaired) electrons. The minimum Gasteiger partial charge on any atom is -0.323 e. The Bertz CT molecular complexity index is 442. The lowest BCUT2D eigenvalue weighted by atomic mass is 10.1. The van der Waals surface area contributed by atoms with Gasteiger partial charge in [0.05, 0.1) is 5.25 Å². The largest absolute Gasteiger partial charge is 0.323 e. The molecule has 0 aromatic heterocycles. The van der Waals surface area contributed by atoms with E-state index in [2.05, 4.69) is 15.9 Å². The Balaban J connectivity index is 2.94. The average molecular weight is 306 g/mol. The van der Waals surface area contributed by atoms with Crippen LogP contribution in [0.1, 0.15) is 25.5 Å². The highest BCUT2D eigenvalue weighted by atomic mass is 79.9. The summed E-state index contributed by atoms with van der Waals surface area (Å²) >= 11 is 3.33. The van der Waals surface area contributed by atoms with Gasteiger partial charge in [-0.2, -0.15) is 0 Å². The maximum Gasteiger partial charge on any atom is 0.154 e. The molecule has 0 aliphatic heterocycles. The molecule has 2 N–H and O–H groups in total. The van der Waals surface area contributed by atoms with Crippen LogP contribution in [0.3, 0.4) is 0 Å². The van der Waals surface area contributed by atoms with Gasteiger partial charge in [0.1, 0.15) is 0 Å². The quantitative estimate of drug-likeness (QED) is 0.928. The molecule has 2 atom stereocenters. The molecule has 2 unspecified atom stereocenters. The summed E-state index contributed by atoms with van der Waals surface area (Å²) in [6.45, 7) is 3.30. The number of nitrogens with two attached hydrogens (primary N) is 1. The van der Waals surface area contributed by atoms with Crippen LogP contribution in [-0.4, -0.2) is 19.4 Å². The molecule has 5 heteroatoms. The topological polar surface area (TPSA) is 60.2 Å². The molecule has 0 saturated heterocycles. The van der Waals surface area contributed by atoms with Crippen LogP contribution in [0.15, 0.2) is 28.7 Å². The van der Waals surface area contributed by atoms with Crippen LogP contribution < -0.4 is 5.73 Å². The summed E-state index contributed by atoms with van der Waals surface area (Å²) in [7, 11) is -3.09. The highest BCUT2D eigenvalue weighted by molar-refractivity contribution is 9.10. The van der Waals surface area contributed by atoms with E-state index in [9.17, 15) is 8.42 Å². The highest BCUT2D eigenvalue weighted by Crippen LogP contribution is 2.21. The molecule has 1 aromatic rings. The predicted molar refractivity (Wildman–Crippen MR) is 70.0 cm³/mol. The van der Waals surface area contributed by atoms with Crippen molar-refractivity contribution in [2.75, 3.05) is 5.75 Å². The van der Waals surface area contributed by atoms with Gasteiger partial charge in [0, 0.05) is 16.3 Å². The zero-order chi connectivity index (χ0) is 12.3. The second kappa shape index (κ2) is 5.29. The molecule has 0 heterocycles. The molecular weight excluding hydrogens is 290 g/mol. The lowest BCUT2D eigenvalue weighted by Gasteiger charge is -2.19. The first-order valence-electron chi connectivity index (χ1n) is 5.11. The number of rotatable bonds is 4. The first kappa shape index (κ1) is 13.7. The molecule has 0 bridgehead atoms. The molecule has 90 valence electrons. The van der Waals surface area contributed by atoms with E-state index in [1.165, 1.54) is 0 Å². The third-order valence-electron chi connectivity index (χ3n) is 2.73. The van der Waals surface area contributed by atoms with Crippen LogP contribution in [-0.2, 0) is 9.84 Å². The van der Waals surface area contributed by atoms with Crippen molar-refractivity contribution in [3.8, 4) is 0 Å². The summed E-state index contributed by atoms with van der Waals surface area (Å²) in [4.78, 5) is 0. The lowest BCUT2D eigenvalue weighted by molar-refractivity contribution is 0.566. The molecule has 1 aromatic carbocycles. The average Bonchev–Trinajstić information content (AvgIpc) is 2.28. The Morgan fingerprint density at radius 3 is 2.25 bits per heavy atom. The molecule has 3 nitrogen and oxygen atoms in total. The number of sulfone groups is 1. The number of hydrogen-bond donors (Lipinski definition) is 1. The highest BCUT2D eigenvalue weighted by Gasteiger charge is 2.26. The van der Waals surface area contributed by atoms with Gasteiger partial charge < -0.3 is 5.73 Å². The molecule has 1 rings (SSSR count). The summed E-state index contributed by atoms with van der Waals surface area (Å²) in [5.41, 5.74) is 6.80. The molecule has 0 spiro atoms. The number of benzene rings is 1. The fourth-order valence-corrected chi connectivity index (χ4v) is 2.84. The maximum atomic E-state index is 11.7. The SMILES string of the molecule is CCS(=O)(=O)C(C)C(N)c1ccc(Br)cc1. The van der Waals surface area contributed by atoms with Crippen molar-refractivity contribution in [3.05, 3.63) is 34.3 Å². The summed E-state index contributed by atoms with van der Waals surface area (Å²) in [6.07, 6.45) is 0. The Labute approximate surface area is 105 Å². The Morgan fingerprint density at radius 2 is 1.81 bits per heavy atom. The summed E-state index contributed by atoms with van der Waals surface area (Å²) < 4.78 is 24.3. The molecule has 0 aliphatic rings. The molecule has 16 heavy (non-hydrogen) atoms. The van der Waals surface area contributed by atoms with Crippen molar-refractivity contribution < 1.29 is 8.42 Å². The Kier molecular flexibility index (Phi) is 4.52. The van der Waals surface area contributed by atoms with Crippen LogP contribution in [0.2, 0.25) is 0 Å². The van der Waals surface area contributed by atoms with Gasteiger partial charge in [-0.05, 0) is 24.6 Å². The third-order valence-corrected chi connectivity index (χ3v) is 5.49. The fourth-order valence-electron chi connectivity index (χ4n) is 1.44. The van der Waals surface area contributed by atoms with Gasteiger partial charge in [-0.15, -0.1) is 0 Å². The van der Waals surface area contributed by atoms with Crippen molar-refractivity contribution >= 4 is 25.8 Å². The zero-order valence-corrected chi connectivity index (χ0v) is 11.8. The van der Waals surface area contributed by atoms with Gasteiger partial charge in [0.25, 0.3) is 0 Å². The van der Waals surface area contributed by atoms with Gasteiger partial charge in [-0.25, -0.2) is 8.42 Å². The Morgan fingerprint density at radius 1 is 1.31 bits per heavy atom. The number of halogens is 1. The van der Waals surface area contributed by atoms with Gasteiger partial charge in [0.2, 0.25) is 0 Å².